The quantitative estimate of drug-likeness (QED) is 0.739. The number of likely N-dealkylation sites (tertiary alicyclic amines) is 1. The van der Waals surface area contributed by atoms with Crippen molar-refractivity contribution in [3.63, 3.8) is 0 Å². The first-order valence-electron chi connectivity index (χ1n) is 6.57. The minimum absolute atomic E-state index is 0.0188. The van der Waals surface area contributed by atoms with Crippen LogP contribution in [0.25, 0.3) is 0 Å². The van der Waals surface area contributed by atoms with Gasteiger partial charge in [-0.2, -0.15) is 0 Å². The van der Waals surface area contributed by atoms with Crippen molar-refractivity contribution >= 4 is 31.6 Å². The summed E-state index contributed by atoms with van der Waals surface area (Å²) in [5.41, 5.74) is 1.39. The molecule has 0 amide bonds. The van der Waals surface area contributed by atoms with Gasteiger partial charge in [0.2, 0.25) is 0 Å². The van der Waals surface area contributed by atoms with Crippen molar-refractivity contribution in [1.82, 2.24) is 4.90 Å². The van der Waals surface area contributed by atoms with Crippen LogP contribution in [0.3, 0.4) is 0 Å². The largest absolute Gasteiger partial charge is 0.312 e. The van der Waals surface area contributed by atoms with Gasteiger partial charge in [-0.15, -0.1) is 0 Å². The van der Waals surface area contributed by atoms with Crippen LogP contribution in [0.2, 0.25) is 0 Å². The summed E-state index contributed by atoms with van der Waals surface area (Å²) in [4.78, 5) is 2.40. The first-order valence-corrected chi connectivity index (χ1v) is 7.36. The van der Waals surface area contributed by atoms with Gasteiger partial charge in [-0.1, -0.05) is 28.1 Å². The number of rotatable bonds is 5. The number of benzene rings is 1. The maximum absolute atomic E-state index is 12.5. The Morgan fingerprint density at radius 2 is 1.89 bits per heavy atom. The smallest absolute Gasteiger partial charge is 0.117 e. The molecular formula is C13H19B2BrFN. The standard InChI is InChI=1S/C13H19B2BrFN/c14-13(15,5-6-17)18-8-11(9-18)7-10-1-3-12(16)4-2-10/h1-4,11H,5-9,14-15H2. The lowest BCUT2D eigenvalue weighted by Crippen LogP contribution is -2.61. The van der Waals surface area contributed by atoms with Gasteiger partial charge in [-0.25, -0.2) is 0 Å². The summed E-state index contributed by atoms with van der Waals surface area (Å²) < 4.78 is 13.6. The van der Waals surface area contributed by atoms with E-state index in [1.165, 1.54) is 5.56 Å². The molecule has 1 aliphatic rings. The molecule has 0 bridgehead atoms. The Bertz CT molecular complexity index is 390. The number of hydrogen-bond donors (Lipinski definition) is 0. The highest BCUT2D eigenvalue weighted by Gasteiger charge is 2.36. The maximum atomic E-state index is 12.5. The normalized spacial score (nSPS) is 17.7. The Labute approximate surface area is 119 Å². The Kier molecular flexibility index (Phi) is 4.54. The molecule has 0 N–H and O–H groups in total. The van der Waals surface area contributed by atoms with Crippen molar-refractivity contribution in [3.8, 4) is 0 Å². The van der Waals surface area contributed by atoms with Crippen LogP contribution in [0.5, 0.6) is 0 Å². The van der Waals surface area contributed by atoms with Crippen LogP contribution in [0.4, 0.5) is 4.39 Å². The number of hydrogen-bond acceptors (Lipinski definition) is 1. The Hall–Kier alpha value is -0.280. The van der Waals surface area contributed by atoms with E-state index in [4.69, 9.17) is 0 Å². The topological polar surface area (TPSA) is 3.24 Å². The summed E-state index contributed by atoms with van der Waals surface area (Å²) in [6.45, 7) is 1.98. The zero-order valence-electron chi connectivity index (χ0n) is 11.1. The molecule has 0 spiro atoms. The Morgan fingerprint density at radius 1 is 1.28 bits per heavy atom. The van der Waals surface area contributed by atoms with E-state index in [-0.39, 0.29) is 12.0 Å². The van der Waals surface area contributed by atoms with Gasteiger partial charge in [0.05, 0.1) is 6.67 Å². The van der Waals surface area contributed by atoms with E-state index in [1.54, 1.807) is 0 Å². The van der Waals surface area contributed by atoms with E-state index in [1.807, 2.05) is 0 Å². The summed E-state index contributed by atoms with van der Waals surface area (Å²) >= 11 is 3.45. The molecule has 0 radical (unpaired) electrons. The van der Waals surface area contributed by atoms with E-state index in [2.05, 4.69) is 60.8 Å². The molecule has 18 heavy (non-hydrogen) atoms. The molecule has 5 heteroatoms. The van der Waals surface area contributed by atoms with Gasteiger partial charge in [-0.05, 0) is 41.8 Å². The van der Waals surface area contributed by atoms with Gasteiger partial charge in [-0.3, -0.25) is 4.39 Å². The van der Waals surface area contributed by atoms with Crippen LogP contribution in [-0.4, -0.2) is 45.7 Å². The zero-order valence-corrected chi connectivity index (χ0v) is 12.7. The average Bonchev–Trinajstić information content (AvgIpc) is 2.25. The predicted octanol–water partition coefficient (Wildman–Crippen LogP) is 1.20. The van der Waals surface area contributed by atoms with Gasteiger partial charge in [0.15, 0.2) is 0 Å². The molecule has 2 rings (SSSR count). The maximum Gasteiger partial charge on any atom is 0.117 e. The van der Waals surface area contributed by atoms with Crippen LogP contribution in [-0.2, 0) is 6.42 Å². The lowest BCUT2D eigenvalue weighted by molar-refractivity contribution is 0.0605. The lowest BCUT2D eigenvalue weighted by atomic mass is 9.57. The van der Waals surface area contributed by atoms with Crippen LogP contribution >= 0.6 is 15.9 Å². The summed E-state index contributed by atoms with van der Waals surface area (Å²) in [6.07, 6.45) is 1.77. The molecule has 1 fully saturated rings. The number of halogens is 2. The molecule has 0 aliphatic carbocycles. The fourth-order valence-corrected chi connectivity index (χ4v) is 2.80. The monoisotopic (exact) mass is 309 g/mol. The Balaban J connectivity index is 1.81. The van der Waals surface area contributed by atoms with Gasteiger partial charge in [0.1, 0.15) is 15.7 Å². The van der Waals surface area contributed by atoms with Gasteiger partial charge < -0.3 is 4.90 Å². The highest BCUT2D eigenvalue weighted by atomic mass is 79.9. The molecule has 1 aromatic carbocycles. The van der Waals surface area contributed by atoms with Gasteiger partial charge >= 0.3 is 0 Å². The zero-order chi connectivity index (χ0) is 13.2. The molecule has 0 saturated carbocycles. The van der Waals surface area contributed by atoms with Crippen LogP contribution < -0.4 is 0 Å². The highest BCUT2D eigenvalue weighted by Crippen LogP contribution is 2.27. The SMILES string of the molecule is BC(B)(CCF)N1CC(Cc2ccc(Br)cc2)C1. The molecule has 0 atom stereocenters. The first kappa shape index (κ1) is 14.1. The van der Waals surface area contributed by atoms with Gasteiger partial charge in [0.25, 0.3) is 0 Å². The van der Waals surface area contributed by atoms with E-state index >= 15 is 0 Å². The molecule has 1 heterocycles. The first-order chi connectivity index (χ1) is 8.51. The predicted molar refractivity (Wildman–Crippen MR) is 83.3 cm³/mol. The second kappa shape index (κ2) is 5.79. The fraction of sp³-hybridized carbons (Fsp3) is 0.538. The molecule has 1 saturated heterocycles. The molecule has 1 aliphatic heterocycles. The summed E-state index contributed by atoms with van der Waals surface area (Å²) in [5, 5.41) is 0.0188. The average molecular weight is 310 g/mol. The summed E-state index contributed by atoms with van der Waals surface area (Å²) in [5.74, 6) is 0.727. The van der Waals surface area contributed by atoms with Crippen molar-refractivity contribution in [1.29, 1.82) is 0 Å². The fourth-order valence-electron chi connectivity index (χ4n) is 2.54. The number of alkyl halides is 1. The van der Waals surface area contributed by atoms with Crippen molar-refractivity contribution < 1.29 is 4.39 Å². The van der Waals surface area contributed by atoms with Crippen LogP contribution in [0.1, 0.15) is 12.0 Å². The van der Waals surface area contributed by atoms with Crippen molar-refractivity contribution in [2.45, 2.75) is 18.2 Å². The molecule has 0 aromatic heterocycles. The molecule has 1 aromatic rings. The van der Waals surface area contributed by atoms with E-state index in [0.717, 1.165) is 29.9 Å². The molecule has 1 nitrogen and oxygen atoms in total. The van der Waals surface area contributed by atoms with Gasteiger partial charge in [0, 0.05) is 17.6 Å². The Morgan fingerprint density at radius 3 is 2.44 bits per heavy atom. The van der Waals surface area contributed by atoms with Crippen molar-refractivity contribution in [2.75, 3.05) is 19.8 Å². The second-order valence-electron chi connectivity index (χ2n) is 5.85. The van der Waals surface area contributed by atoms with E-state index in [0.29, 0.717) is 6.42 Å². The number of nitrogens with zero attached hydrogens (tertiary/aromatic N) is 1. The van der Waals surface area contributed by atoms with Crippen molar-refractivity contribution in [2.24, 2.45) is 5.92 Å². The van der Waals surface area contributed by atoms with E-state index in [9.17, 15) is 4.39 Å². The summed E-state index contributed by atoms with van der Waals surface area (Å²) in [6, 6.07) is 8.55. The third-order valence-corrected chi connectivity index (χ3v) is 4.49. The van der Waals surface area contributed by atoms with Crippen LogP contribution in [0, 0.1) is 5.92 Å². The molecule has 0 unspecified atom stereocenters. The molecular weight excluding hydrogens is 291 g/mol. The van der Waals surface area contributed by atoms with E-state index < -0.39 is 0 Å². The minimum Gasteiger partial charge on any atom is -0.312 e. The lowest BCUT2D eigenvalue weighted by Gasteiger charge is -2.50. The second-order valence-corrected chi connectivity index (χ2v) is 6.77. The molecule has 96 valence electrons. The minimum atomic E-state index is -0.221. The third kappa shape index (κ3) is 3.39. The highest BCUT2D eigenvalue weighted by molar-refractivity contribution is 9.10. The third-order valence-electron chi connectivity index (χ3n) is 3.96. The van der Waals surface area contributed by atoms with Crippen molar-refractivity contribution in [3.05, 3.63) is 34.3 Å². The van der Waals surface area contributed by atoms with Crippen LogP contribution in [0.15, 0.2) is 28.7 Å². The summed E-state index contributed by atoms with van der Waals surface area (Å²) in [7, 11) is 4.28.